The number of hydrogen-bond donors (Lipinski definition) is 0. The van der Waals surface area contributed by atoms with E-state index in [2.05, 4.69) is 18.6 Å². The summed E-state index contributed by atoms with van der Waals surface area (Å²) in [5, 5.41) is 1.09. The minimum atomic E-state index is -0.384. The van der Waals surface area contributed by atoms with Crippen LogP contribution < -0.4 is 0 Å². The number of carbonyl (C=O) groups is 1. The molecule has 2 aromatic rings. The van der Waals surface area contributed by atoms with Crippen molar-refractivity contribution in [3.05, 3.63) is 41.7 Å². The Balaban J connectivity index is 2.52. The van der Waals surface area contributed by atoms with E-state index in [0.717, 1.165) is 22.3 Å². The summed E-state index contributed by atoms with van der Waals surface area (Å²) in [6, 6.07) is 7.88. The predicted molar refractivity (Wildman–Crippen MR) is 71.4 cm³/mol. The Kier molecular flexibility index (Phi) is 3.51. The molecule has 0 radical (unpaired) electrons. The number of furan rings is 1. The molecule has 0 saturated heterocycles. The van der Waals surface area contributed by atoms with Crippen molar-refractivity contribution in [3.63, 3.8) is 0 Å². The highest BCUT2D eigenvalue weighted by Crippen LogP contribution is 2.32. The average Bonchev–Trinajstić information content (AvgIpc) is 2.74. The number of fused-ring (bicyclic) bond motifs is 1. The molecule has 2 rings (SSSR count). The highest BCUT2D eigenvalue weighted by molar-refractivity contribution is 5.90. The quantitative estimate of drug-likeness (QED) is 0.610. The van der Waals surface area contributed by atoms with Crippen molar-refractivity contribution in [1.82, 2.24) is 0 Å². The molecule has 0 aliphatic carbocycles. The lowest BCUT2D eigenvalue weighted by molar-refractivity contribution is -0.134. The van der Waals surface area contributed by atoms with Gasteiger partial charge < -0.3 is 9.15 Å². The normalized spacial score (nSPS) is 11.6. The van der Waals surface area contributed by atoms with Crippen LogP contribution in [0.4, 0.5) is 0 Å². The van der Waals surface area contributed by atoms with Crippen molar-refractivity contribution in [2.45, 2.75) is 19.8 Å². The molecule has 0 bridgehead atoms. The molecule has 0 amide bonds. The van der Waals surface area contributed by atoms with E-state index in [-0.39, 0.29) is 5.97 Å². The lowest BCUT2D eigenvalue weighted by Crippen LogP contribution is -1.94. The summed E-state index contributed by atoms with van der Waals surface area (Å²) in [6.45, 7) is 4.21. The number of methoxy groups -OCH3 is 1. The second-order valence-corrected chi connectivity index (χ2v) is 4.39. The van der Waals surface area contributed by atoms with Crippen LogP contribution >= 0.6 is 0 Å². The predicted octanol–water partition coefficient (Wildman–Crippen LogP) is 3.74. The van der Waals surface area contributed by atoms with Crippen molar-refractivity contribution in [2.24, 2.45) is 0 Å². The van der Waals surface area contributed by atoms with Crippen molar-refractivity contribution in [3.8, 4) is 0 Å². The van der Waals surface area contributed by atoms with Gasteiger partial charge in [-0.2, -0.15) is 0 Å². The maximum atomic E-state index is 11.1. The molecule has 1 aromatic carbocycles. The summed E-state index contributed by atoms with van der Waals surface area (Å²) < 4.78 is 10.3. The van der Waals surface area contributed by atoms with Crippen LogP contribution in [0.3, 0.4) is 0 Å². The van der Waals surface area contributed by atoms with Gasteiger partial charge in [0.05, 0.1) is 7.11 Å². The zero-order valence-electron chi connectivity index (χ0n) is 10.8. The SMILES string of the molecule is COC(=O)/C=C\c1oc2ccccc2c1C(C)C. The van der Waals surface area contributed by atoms with Gasteiger partial charge in [-0.3, -0.25) is 0 Å². The van der Waals surface area contributed by atoms with E-state index in [1.165, 1.54) is 13.2 Å². The van der Waals surface area contributed by atoms with Gasteiger partial charge in [-0.1, -0.05) is 32.0 Å². The Bertz CT molecular complexity index is 591. The third-order valence-electron chi connectivity index (χ3n) is 2.81. The van der Waals surface area contributed by atoms with E-state index in [1.807, 2.05) is 24.3 Å². The minimum absolute atomic E-state index is 0.325. The zero-order valence-corrected chi connectivity index (χ0v) is 10.8. The maximum absolute atomic E-state index is 11.1. The van der Waals surface area contributed by atoms with E-state index in [1.54, 1.807) is 6.08 Å². The first-order valence-electron chi connectivity index (χ1n) is 5.91. The van der Waals surface area contributed by atoms with Gasteiger partial charge in [0.25, 0.3) is 0 Å². The lowest BCUT2D eigenvalue weighted by Gasteiger charge is -2.03. The van der Waals surface area contributed by atoms with Crippen molar-refractivity contribution in [1.29, 1.82) is 0 Å². The van der Waals surface area contributed by atoms with Crippen LogP contribution in [0, 0.1) is 0 Å². The van der Waals surface area contributed by atoms with Gasteiger partial charge in [-0.25, -0.2) is 4.79 Å². The number of esters is 1. The van der Waals surface area contributed by atoms with E-state index in [0.29, 0.717) is 5.92 Å². The fraction of sp³-hybridized carbons (Fsp3) is 0.267. The number of para-hydroxylation sites is 1. The van der Waals surface area contributed by atoms with Gasteiger partial charge in [0.15, 0.2) is 0 Å². The molecule has 1 aromatic heterocycles. The van der Waals surface area contributed by atoms with Crippen molar-refractivity contribution in [2.75, 3.05) is 7.11 Å². The van der Waals surface area contributed by atoms with E-state index in [4.69, 9.17) is 4.42 Å². The van der Waals surface area contributed by atoms with Crippen LogP contribution in [-0.2, 0) is 9.53 Å². The average molecular weight is 244 g/mol. The second-order valence-electron chi connectivity index (χ2n) is 4.39. The van der Waals surface area contributed by atoms with Gasteiger partial charge in [-0.05, 0) is 18.1 Å². The summed E-state index contributed by atoms with van der Waals surface area (Å²) in [7, 11) is 1.36. The van der Waals surface area contributed by atoms with Crippen molar-refractivity contribution < 1.29 is 13.9 Å². The van der Waals surface area contributed by atoms with Crippen LogP contribution in [0.15, 0.2) is 34.8 Å². The summed E-state index contributed by atoms with van der Waals surface area (Å²) >= 11 is 0. The Hall–Kier alpha value is -2.03. The molecule has 3 heteroatoms. The maximum Gasteiger partial charge on any atom is 0.330 e. The van der Waals surface area contributed by atoms with Gasteiger partial charge in [0.2, 0.25) is 0 Å². The van der Waals surface area contributed by atoms with E-state index in [9.17, 15) is 4.79 Å². The van der Waals surface area contributed by atoms with E-state index >= 15 is 0 Å². The highest BCUT2D eigenvalue weighted by atomic mass is 16.5. The number of carbonyl (C=O) groups excluding carboxylic acids is 1. The number of ether oxygens (including phenoxy) is 1. The first-order valence-corrected chi connectivity index (χ1v) is 5.91. The zero-order chi connectivity index (χ0) is 13.1. The fourth-order valence-corrected chi connectivity index (χ4v) is 2.02. The molecule has 0 saturated carbocycles. The van der Waals surface area contributed by atoms with E-state index < -0.39 is 0 Å². The lowest BCUT2D eigenvalue weighted by atomic mass is 9.99. The fourth-order valence-electron chi connectivity index (χ4n) is 2.02. The molecular weight excluding hydrogens is 228 g/mol. The molecule has 0 fully saturated rings. The molecule has 0 unspecified atom stereocenters. The second kappa shape index (κ2) is 5.08. The van der Waals surface area contributed by atoms with Crippen molar-refractivity contribution >= 4 is 23.0 Å². The van der Waals surface area contributed by atoms with Gasteiger partial charge >= 0.3 is 5.97 Å². The minimum Gasteiger partial charge on any atom is -0.466 e. The molecule has 3 nitrogen and oxygen atoms in total. The first kappa shape index (κ1) is 12.4. The summed E-state index contributed by atoms with van der Waals surface area (Å²) in [5.74, 6) is 0.660. The standard InChI is InChI=1S/C15H16O3/c1-10(2)15-11-6-4-5-7-12(11)18-13(15)8-9-14(16)17-3/h4-10H,1-3H3/b9-8-. The Morgan fingerprint density at radius 1 is 1.33 bits per heavy atom. The number of hydrogen-bond acceptors (Lipinski definition) is 3. The number of rotatable bonds is 3. The summed E-state index contributed by atoms with van der Waals surface area (Å²) in [4.78, 5) is 11.1. The monoisotopic (exact) mass is 244 g/mol. The molecule has 0 aliphatic rings. The first-order chi connectivity index (χ1) is 8.63. The molecule has 0 N–H and O–H groups in total. The number of benzene rings is 1. The highest BCUT2D eigenvalue weighted by Gasteiger charge is 2.14. The molecule has 18 heavy (non-hydrogen) atoms. The van der Waals surface area contributed by atoms with Gasteiger partial charge in [0.1, 0.15) is 11.3 Å². The Morgan fingerprint density at radius 3 is 2.72 bits per heavy atom. The van der Waals surface area contributed by atoms with Crippen LogP contribution in [-0.4, -0.2) is 13.1 Å². The van der Waals surface area contributed by atoms with Crippen LogP contribution in [0.25, 0.3) is 17.0 Å². The topological polar surface area (TPSA) is 39.4 Å². The summed E-state index contributed by atoms with van der Waals surface area (Å²) in [6.07, 6.45) is 3.05. The molecule has 94 valence electrons. The third kappa shape index (κ3) is 2.30. The van der Waals surface area contributed by atoms with Gasteiger partial charge in [-0.15, -0.1) is 0 Å². The Morgan fingerprint density at radius 2 is 2.06 bits per heavy atom. The molecule has 0 atom stereocenters. The molecular formula is C15H16O3. The molecule has 0 aliphatic heterocycles. The smallest absolute Gasteiger partial charge is 0.330 e. The van der Waals surface area contributed by atoms with Gasteiger partial charge in [0, 0.05) is 17.0 Å². The molecule has 0 spiro atoms. The third-order valence-corrected chi connectivity index (χ3v) is 2.81. The van der Waals surface area contributed by atoms with Crippen LogP contribution in [0.5, 0.6) is 0 Å². The summed E-state index contributed by atoms with van der Waals surface area (Å²) in [5.41, 5.74) is 1.96. The Labute approximate surface area is 106 Å². The van der Waals surface area contributed by atoms with Crippen LogP contribution in [0.2, 0.25) is 0 Å². The van der Waals surface area contributed by atoms with Crippen LogP contribution in [0.1, 0.15) is 31.1 Å². The largest absolute Gasteiger partial charge is 0.466 e. The molecule has 1 heterocycles.